The highest BCUT2D eigenvalue weighted by Crippen LogP contribution is 2.05. The van der Waals surface area contributed by atoms with Crippen molar-refractivity contribution in [3.05, 3.63) is 60.2 Å². The molecule has 2 aromatic rings. The van der Waals surface area contributed by atoms with Crippen molar-refractivity contribution < 1.29 is 9.59 Å². The summed E-state index contributed by atoms with van der Waals surface area (Å²) in [5, 5.41) is 5.62. The van der Waals surface area contributed by atoms with Crippen molar-refractivity contribution in [2.24, 2.45) is 5.92 Å². The highest BCUT2D eigenvalue weighted by Gasteiger charge is 2.22. The monoisotopic (exact) mass is 326 g/mol. The van der Waals surface area contributed by atoms with Gasteiger partial charge in [0.1, 0.15) is 11.7 Å². The van der Waals surface area contributed by atoms with Crippen LogP contribution >= 0.6 is 0 Å². The van der Waals surface area contributed by atoms with Crippen LogP contribution in [0.2, 0.25) is 0 Å². The fraction of sp³-hybridized carbons (Fsp3) is 0.333. The molecule has 0 spiro atoms. The second kappa shape index (κ2) is 8.76. The third-order valence-electron chi connectivity index (χ3n) is 3.38. The zero-order valence-electron chi connectivity index (χ0n) is 13.9. The molecule has 1 heterocycles. The Hall–Kier alpha value is -2.76. The van der Waals surface area contributed by atoms with Crippen molar-refractivity contribution in [1.29, 1.82) is 0 Å². The zero-order chi connectivity index (χ0) is 17.4. The van der Waals surface area contributed by atoms with Crippen molar-refractivity contribution in [2.45, 2.75) is 26.3 Å². The maximum Gasteiger partial charge on any atom is 0.272 e. The van der Waals surface area contributed by atoms with Crippen LogP contribution in [0.15, 0.2) is 48.9 Å². The van der Waals surface area contributed by atoms with E-state index in [1.165, 1.54) is 18.6 Å². The highest BCUT2D eigenvalue weighted by atomic mass is 16.2. The number of nitrogens with zero attached hydrogens (tertiary/aromatic N) is 2. The number of aromatic nitrogens is 2. The number of hydrogen-bond donors (Lipinski definition) is 2. The van der Waals surface area contributed by atoms with Gasteiger partial charge in [-0.15, -0.1) is 0 Å². The fourth-order valence-electron chi connectivity index (χ4n) is 2.14. The third-order valence-corrected chi connectivity index (χ3v) is 3.38. The van der Waals surface area contributed by atoms with Gasteiger partial charge in [-0.05, 0) is 11.5 Å². The van der Waals surface area contributed by atoms with Crippen LogP contribution in [0.4, 0.5) is 0 Å². The van der Waals surface area contributed by atoms with Crippen LogP contribution in [0.1, 0.15) is 29.9 Å². The first-order chi connectivity index (χ1) is 11.6. The summed E-state index contributed by atoms with van der Waals surface area (Å²) in [6.07, 6.45) is 4.73. The Kier molecular flexibility index (Phi) is 6.42. The quantitative estimate of drug-likeness (QED) is 0.809. The third kappa shape index (κ3) is 5.46. The molecule has 0 saturated heterocycles. The number of benzene rings is 1. The van der Waals surface area contributed by atoms with Crippen molar-refractivity contribution in [1.82, 2.24) is 20.6 Å². The summed E-state index contributed by atoms with van der Waals surface area (Å²) in [6.45, 7) is 4.60. The van der Waals surface area contributed by atoms with E-state index in [1.54, 1.807) is 0 Å². The highest BCUT2D eigenvalue weighted by molar-refractivity contribution is 5.95. The molecule has 0 unspecified atom stereocenters. The van der Waals surface area contributed by atoms with Gasteiger partial charge in [0.25, 0.3) is 5.91 Å². The lowest BCUT2D eigenvalue weighted by molar-refractivity contribution is -0.123. The lowest BCUT2D eigenvalue weighted by Crippen LogP contribution is -2.48. The van der Waals surface area contributed by atoms with Gasteiger partial charge >= 0.3 is 0 Å². The minimum Gasteiger partial charge on any atom is -0.354 e. The first kappa shape index (κ1) is 17.6. The molecule has 0 fully saturated rings. The molecule has 0 saturated carbocycles. The van der Waals surface area contributed by atoms with Crippen molar-refractivity contribution >= 4 is 11.8 Å². The molecule has 0 bridgehead atoms. The minimum atomic E-state index is -0.666. The Labute approximate surface area is 141 Å². The van der Waals surface area contributed by atoms with E-state index in [1.807, 2.05) is 44.2 Å². The molecule has 2 rings (SSSR count). The number of carbonyl (C=O) groups is 2. The van der Waals surface area contributed by atoms with Gasteiger partial charge in [0.05, 0.1) is 6.20 Å². The number of carbonyl (C=O) groups excluding carboxylic acids is 2. The van der Waals surface area contributed by atoms with E-state index in [2.05, 4.69) is 20.6 Å². The smallest absolute Gasteiger partial charge is 0.272 e. The molecular weight excluding hydrogens is 304 g/mol. The van der Waals surface area contributed by atoms with E-state index in [0.717, 1.165) is 5.56 Å². The molecule has 1 aromatic heterocycles. The average Bonchev–Trinajstić information content (AvgIpc) is 2.60. The van der Waals surface area contributed by atoms with E-state index in [4.69, 9.17) is 0 Å². The maximum absolute atomic E-state index is 12.5. The van der Waals surface area contributed by atoms with Gasteiger partial charge in [-0.1, -0.05) is 44.2 Å². The predicted octanol–water partition coefficient (Wildman–Crippen LogP) is 1.59. The van der Waals surface area contributed by atoms with E-state index < -0.39 is 11.9 Å². The Morgan fingerprint density at radius 2 is 1.88 bits per heavy atom. The van der Waals surface area contributed by atoms with Gasteiger partial charge in [0.15, 0.2) is 0 Å². The Balaban J connectivity index is 2.09. The molecule has 1 atom stereocenters. The van der Waals surface area contributed by atoms with Crippen LogP contribution in [0, 0.1) is 5.92 Å². The second-order valence-electron chi connectivity index (χ2n) is 5.95. The first-order valence-electron chi connectivity index (χ1n) is 7.94. The van der Waals surface area contributed by atoms with Gasteiger partial charge in [0, 0.05) is 25.4 Å². The Morgan fingerprint density at radius 1 is 1.12 bits per heavy atom. The summed E-state index contributed by atoms with van der Waals surface area (Å²) in [7, 11) is 0. The summed E-state index contributed by atoms with van der Waals surface area (Å²) in [5.41, 5.74) is 1.16. The van der Waals surface area contributed by atoms with Crippen LogP contribution in [-0.4, -0.2) is 34.4 Å². The molecule has 126 valence electrons. The summed E-state index contributed by atoms with van der Waals surface area (Å²) >= 11 is 0. The molecule has 2 amide bonds. The second-order valence-corrected chi connectivity index (χ2v) is 5.95. The van der Waals surface area contributed by atoms with Gasteiger partial charge in [-0.25, -0.2) is 4.98 Å². The number of amides is 2. The van der Waals surface area contributed by atoms with E-state index in [-0.39, 0.29) is 11.6 Å². The molecule has 2 N–H and O–H groups in total. The average molecular weight is 326 g/mol. The summed E-state index contributed by atoms with van der Waals surface area (Å²) < 4.78 is 0. The molecule has 0 aliphatic rings. The Morgan fingerprint density at radius 3 is 2.50 bits per heavy atom. The Bertz CT molecular complexity index is 659. The van der Waals surface area contributed by atoms with E-state index in [0.29, 0.717) is 18.9 Å². The van der Waals surface area contributed by atoms with Gasteiger partial charge < -0.3 is 10.6 Å². The van der Waals surface area contributed by atoms with Crippen LogP contribution in [-0.2, 0) is 11.2 Å². The lowest BCUT2D eigenvalue weighted by Gasteiger charge is -2.19. The summed E-state index contributed by atoms with van der Waals surface area (Å²) in [4.78, 5) is 32.6. The number of rotatable bonds is 7. The van der Waals surface area contributed by atoms with Crippen LogP contribution < -0.4 is 10.6 Å². The van der Waals surface area contributed by atoms with Gasteiger partial charge in [-0.2, -0.15) is 0 Å². The number of hydrogen-bond acceptors (Lipinski definition) is 4. The van der Waals surface area contributed by atoms with Crippen LogP contribution in [0.3, 0.4) is 0 Å². The van der Waals surface area contributed by atoms with Crippen molar-refractivity contribution in [3.8, 4) is 0 Å². The van der Waals surface area contributed by atoms with E-state index >= 15 is 0 Å². The molecule has 6 nitrogen and oxygen atoms in total. The van der Waals surface area contributed by atoms with E-state index in [9.17, 15) is 9.59 Å². The molecule has 6 heteroatoms. The molecule has 0 radical (unpaired) electrons. The van der Waals surface area contributed by atoms with Crippen molar-refractivity contribution in [2.75, 3.05) is 6.54 Å². The maximum atomic E-state index is 12.5. The fourth-order valence-corrected chi connectivity index (χ4v) is 2.14. The standard InChI is InChI=1S/C18H22N4O2/c1-13(2)11-21-17(23)15(10-14-6-4-3-5-7-14)22-18(24)16-12-19-8-9-20-16/h3-9,12-13,15H,10-11H2,1-2H3,(H,21,23)(H,22,24)/t15-/m0/s1. The SMILES string of the molecule is CC(C)CNC(=O)[C@H](Cc1ccccc1)NC(=O)c1cnccn1. The van der Waals surface area contributed by atoms with Crippen LogP contribution in [0.25, 0.3) is 0 Å². The molecule has 0 aliphatic carbocycles. The molecule has 24 heavy (non-hydrogen) atoms. The number of nitrogens with one attached hydrogen (secondary N) is 2. The molecule has 0 aliphatic heterocycles. The predicted molar refractivity (Wildman–Crippen MR) is 91.3 cm³/mol. The largest absolute Gasteiger partial charge is 0.354 e. The van der Waals surface area contributed by atoms with Crippen LogP contribution in [0.5, 0.6) is 0 Å². The van der Waals surface area contributed by atoms with Crippen molar-refractivity contribution in [3.63, 3.8) is 0 Å². The normalized spacial score (nSPS) is 11.8. The zero-order valence-corrected chi connectivity index (χ0v) is 13.9. The topological polar surface area (TPSA) is 84.0 Å². The van der Waals surface area contributed by atoms with Gasteiger partial charge in [0.2, 0.25) is 5.91 Å². The summed E-state index contributed by atoms with van der Waals surface area (Å²) in [5.74, 6) is -0.282. The van der Waals surface area contributed by atoms with Gasteiger partial charge in [-0.3, -0.25) is 14.6 Å². The summed E-state index contributed by atoms with van der Waals surface area (Å²) in [6, 6.07) is 8.91. The lowest BCUT2D eigenvalue weighted by atomic mass is 10.0. The molecular formula is C18H22N4O2. The first-order valence-corrected chi connectivity index (χ1v) is 7.94. The minimum absolute atomic E-state index is 0.187. The molecule has 1 aromatic carbocycles.